The average molecular weight is 435 g/mol. The van der Waals surface area contributed by atoms with Crippen LogP contribution in [0.3, 0.4) is 0 Å². The fourth-order valence-corrected chi connectivity index (χ4v) is 4.01. The first-order valence-corrected chi connectivity index (χ1v) is 10.7. The monoisotopic (exact) mass is 435 g/mol. The number of aromatic nitrogens is 6. The van der Waals surface area contributed by atoms with Gasteiger partial charge in [-0.15, -0.1) is 5.10 Å². The van der Waals surface area contributed by atoms with Gasteiger partial charge >= 0.3 is 0 Å². The van der Waals surface area contributed by atoms with Crippen LogP contribution in [0.15, 0.2) is 48.8 Å². The van der Waals surface area contributed by atoms with Gasteiger partial charge in [0, 0.05) is 48.0 Å². The van der Waals surface area contributed by atoms with Crippen molar-refractivity contribution in [2.24, 2.45) is 0 Å². The largest absolute Gasteiger partial charge is 0.354 e. The smallest absolute Gasteiger partial charge is 0.247 e. The molecule has 1 aliphatic heterocycles. The molecule has 2 aliphatic rings. The highest BCUT2D eigenvalue weighted by molar-refractivity contribution is 5.73. The number of halogens is 1. The third-order valence-electron chi connectivity index (χ3n) is 5.77. The van der Waals surface area contributed by atoms with Gasteiger partial charge in [-0.1, -0.05) is 10.5 Å². The molecule has 5 heterocycles. The van der Waals surface area contributed by atoms with Crippen molar-refractivity contribution in [3.63, 3.8) is 0 Å². The van der Waals surface area contributed by atoms with Crippen LogP contribution in [0, 0.1) is 0 Å². The number of aromatic amines is 1. The number of nitrogens with zero attached hydrogens (tertiary/aromatic N) is 7. The first kappa shape index (κ1) is 19.0. The molecule has 10 nitrogen and oxygen atoms in total. The van der Waals surface area contributed by atoms with Gasteiger partial charge in [0.25, 0.3) is 0 Å². The molecular weight excluding hydrogens is 413 g/mol. The summed E-state index contributed by atoms with van der Waals surface area (Å²) in [6, 6.07) is 10.9. The van der Waals surface area contributed by atoms with Gasteiger partial charge in [-0.2, -0.15) is 10.1 Å². The zero-order valence-corrected chi connectivity index (χ0v) is 17.2. The van der Waals surface area contributed by atoms with E-state index in [2.05, 4.69) is 25.6 Å². The Labute approximate surface area is 182 Å². The fraction of sp³-hybridized carbons (Fsp3) is 0.333. The van der Waals surface area contributed by atoms with E-state index < -0.39 is 6.17 Å². The Balaban J connectivity index is 1.28. The van der Waals surface area contributed by atoms with Gasteiger partial charge in [0.15, 0.2) is 17.8 Å². The van der Waals surface area contributed by atoms with Gasteiger partial charge < -0.3 is 15.1 Å². The number of anilines is 3. The summed E-state index contributed by atoms with van der Waals surface area (Å²) in [5.74, 6) is 2.48. The molecule has 0 spiro atoms. The van der Waals surface area contributed by atoms with Crippen molar-refractivity contribution in [3.05, 3.63) is 54.5 Å². The summed E-state index contributed by atoms with van der Waals surface area (Å²) in [5.41, 5.74) is 1.94. The molecule has 1 aliphatic carbocycles. The first-order chi connectivity index (χ1) is 15.7. The van der Waals surface area contributed by atoms with Crippen LogP contribution >= 0.6 is 0 Å². The van der Waals surface area contributed by atoms with E-state index in [1.54, 1.807) is 33.8 Å². The number of hydrogen-bond acceptors (Lipinski definition) is 8. The van der Waals surface area contributed by atoms with E-state index in [0.717, 1.165) is 17.6 Å². The predicted molar refractivity (Wildman–Crippen MR) is 115 cm³/mol. The van der Waals surface area contributed by atoms with Crippen molar-refractivity contribution in [3.8, 4) is 5.88 Å². The van der Waals surface area contributed by atoms with Crippen molar-refractivity contribution >= 4 is 23.1 Å². The standard InChI is InChI=1S/C21H22FN9O/c22-31(32-18-6-1-2-10-23-18)19-7-4-11-29(19)21-25-20(16-5-3-12-30(16)28-21)24-17-13-15(26-27-17)14-8-9-14/h1-3,5-6,10,12-14,19H,4,7-9,11H2,(H2,24,25,26,27,28)/t19-/m0/s1. The second-order valence-corrected chi connectivity index (χ2v) is 8.05. The van der Waals surface area contributed by atoms with Crippen molar-refractivity contribution in [2.45, 2.75) is 37.8 Å². The minimum atomic E-state index is -0.662. The Kier molecular flexibility index (Phi) is 4.60. The molecule has 0 aromatic carbocycles. The maximum absolute atomic E-state index is 15.0. The molecule has 0 bridgehead atoms. The van der Waals surface area contributed by atoms with E-state index in [1.165, 1.54) is 12.8 Å². The minimum absolute atomic E-state index is 0.191. The van der Waals surface area contributed by atoms with Gasteiger partial charge in [-0.3, -0.25) is 5.10 Å². The minimum Gasteiger partial charge on any atom is -0.354 e. The van der Waals surface area contributed by atoms with E-state index in [-0.39, 0.29) is 5.88 Å². The van der Waals surface area contributed by atoms with Gasteiger partial charge in [0.05, 0.1) is 0 Å². The fourth-order valence-electron chi connectivity index (χ4n) is 4.01. The molecule has 1 saturated carbocycles. The molecule has 11 heteroatoms. The number of pyridine rings is 1. The number of hydrogen-bond donors (Lipinski definition) is 2. The summed E-state index contributed by atoms with van der Waals surface area (Å²) < 4.78 is 16.7. The van der Waals surface area contributed by atoms with Crippen LogP contribution in [0.2, 0.25) is 0 Å². The summed E-state index contributed by atoms with van der Waals surface area (Å²) in [6.07, 6.45) is 6.48. The van der Waals surface area contributed by atoms with E-state index in [0.29, 0.717) is 41.8 Å². The first-order valence-electron chi connectivity index (χ1n) is 10.7. The number of H-pyrrole nitrogens is 1. The maximum Gasteiger partial charge on any atom is 0.247 e. The average Bonchev–Trinajstić information content (AvgIpc) is 3.20. The summed E-state index contributed by atoms with van der Waals surface area (Å²) >= 11 is 0. The van der Waals surface area contributed by atoms with Crippen LogP contribution in [0.25, 0.3) is 5.52 Å². The SMILES string of the molecule is FN(Oc1ccccn1)[C@H]1CCCN1c1nc(Nc2cc(C3CC3)[nH]n2)c2cccn2n1. The van der Waals surface area contributed by atoms with Crippen LogP contribution in [-0.4, -0.2) is 47.8 Å². The van der Waals surface area contributed by atoms with Crippen molar-refractivity contribution in [2.75, 3.05) is 16.8 Å². The number of nitrogens with one attached hydrogen (secondary N) is 2. The highest BCUT2D eigenvalue weighted by Gasteiger charge is 2.35. The quantitative estimate of drug-likeness (QED) is 0.336. The molecule has 1 saturated heterocycles. The Morgan fingerprint density at radius 1 is 1.19 bits per heavy atom. The van der Waals surface area contributed by atoms with Crippen LogP contribution in [0.5, 0.6) is 5.88 Å². The zero-order valence-electron chi connectivity index (χ0n) is 17.2. The van der Waals surface area contributed by atoms with Crippen LogP contribution in [0.4, 0.5) is 22.1 Å². The summed E-state index contributed by atoms with van der Waals surface area (Å²) in [5, 5.41) is 15.7. The predicted octanol–water partition coefficient (Wildman–Crippen LogP) is 3.58. The molecule has 2 N–H and O–H groups in total. The van der Waals surface area contributed by atoms with Gasteiger partial charge in [0.2, 0.25) is 11.8 Å². The molecule has 0 radical (unpaired) electrons. The molecule has 0 unspecified atom stereocenters. The Hall–Kier alpha value is -3.73. The maximum atomic E-state index is 15.0. The Morgan fingerprint density at radius 3 is 2.97 bits per heavy atom. The normalized spacial score (nSPS) is 18.6. The van der Waals surface area contributed by atoms with Gasteiger partial charge in [-0.05, 0) is 43.9 Å². The van der Waals surface area contributed by atoms with Crippen LogP contribution < -0.4 is 15.1 Å². The zero-order chi connectivity index (χ0) is 21.5. The van der Waals surface area contributed by atoms with Crippen molar-refractivity contribution in [1.82, 2.24) is 35.1 Å². The van der Waals surface area contributed by atoms with Crippen LogP contribution in [0.1, 0.15) is 37.3 Å². The van der Waals surface area contributed by atoms with E-state index in [9.17, 15) is 4.48 Å². The summed E-state index contributed by atoms with van der Waals surface area (Å²) in [4.78, 5) is 15.8. The van der Waals surface area contributed by atoms with E-state index in [4.69, 9.17) is 9.82 Å². The Morgan fingerprint density at radius 2 is 2.12 bits per heavy atom. The van der Waals surface area contributed by atoms with E-state index >= 15 is 0 Å². The second kappa shape index (κ2) is 7.75. The highest BCUT2D eigenvalue weighted by atomic mass is 19.2. The highest BCUT2D eigenvalue weighted by Crippen LogP contribution is 2.39. The lowest BCUT2D eigenvalue weighted by atomic mass is 10.3. The third-order valence-corrected chi connectivity index (χ3v) is 5.77. The molecule has 0 amide bonds. The molecular formula is C21H22FN9O. The number of fused-ring (bicyclic) bond motifs is 1. The molecule has 4 aromatic rings. The lowest BCUT2D eigenvalue weighted by Crippen LogP contribution is -2.43. The molecule has 2 fully saturated rings. The molecule has 4 aromatic heterocycles. The molecule has 32 heavy (non-hydrogen) atoms. The lowest BCUT2D eigenvalue weighted by Gasteiger charge is -2.27. The van der Waals surface area contributed by atoms with E-state index in [1.807, 2.05) is 24.4 Å². The second-order valence-electron chi connectivity index (χ2n) is 8.05. The lowest BCUT2D eigenvalue weighted by molar-refractivity contribution is -0.238. The topological polar surface area (TPSA) is 99.5 Å². The Bertz CT molecular complexity index is 1220. The van der Waals surface area contributed by atoms with Crippen molar-refractivity contribution in [1.29, 1.82) is 0 Å². The van der Waals surface area contributed by atoms with Gasteiger partial charge in [-0.25, -0.2) is 9.50 Å². The molecule has 164 valence electrons. The number of rotatable bonds is 7. The van der Waals surface area contributed by atoms with Gasteiger partial charge in [0.1, 0.15) is 5.52 Å². The summed E-state index contributed by atoms with van der Waals surface area (Å²) in [6.45, 7) is 0.608. The molecule has 1 atom stereocenters. The molecule has 6 rings (SSSR count). The third kappa shape index (κ3) is 3.60. The summed E-state index contributed by atoms with van der Waals surface area (Å²) in [7, 11) is 0. The van der Waals surface area contributed by atoms with Crippen molar-refractivity contribution < 1.29 is 9.32 Å². The van der Waals surface area contributed by atoms with Crippen LogP contribution in [-0.2, 0) is 0 Å². The number of hydroxylamine groups is 1.